The van der Waals surface area contributed by atoms with Gasteiger partial charge in [-0.2, -0.15) is 0 Å². The van der Waals surface area contributed by atoms with Crippen LogP contribution in [-0.4, -0.2) is 57.3 Å². The molecule has 0 amide bonds. The van der Waals surface area contributed by atoms with Crippen LogP contribution in [0.4, 0.5) is 0 Å². The molecule has 0 radical (unpaired) electrons. The summed E-state index contributed by atoms with van der Waals surface area (Å²) in [5.41, 5.74) is 0.827. The largest absolute Gasteiger partial charge is 0.507 e. The summed E-state index contributed by atoms with van der Waals surface area (Å²) in [6, 6.07) is 3.45. The van der Waals surface area contributed by atoms with Crippen LogP contribution in [0.1, 0.15) is 12.0 Å². The van der Waals surface area contributed by atoms with Crippen molar-refractivity contribution in [3.8, 4) is 17.2 Å². The van der Waals surface area contributed by atoms with Crippen LogP contribution in [0.2, 0.25) is 0 Å². The second-order valence-electron chi connectivity index (χ2n) is 4.95. The molecule has 0 spiro atoms. The quantitative estimate of drug-likeness (QED) is 0.699. The highest BCUT2D eigenvalue weighted by Gasteiger charge is 2.18. The van der Waals surface area contributed by atoms with Crippen LogP contribution in [0.5, 0.6) is 17.2 Å². The molecule has 1 aliphatic rings. The molecule has 0 fully saturated rings. The Bertz CT molecular complexity index is 452. The molecule has 6 heteroatoms. The van der Waals surface area contributed by atoms with Gasteiger partial charge in [0.05, 0.1) is 6.61 Å². The molecule has 1 aromatic rings. The molecule has 0 bridgehead atoms. The molecule has 21 heavy (non-hydrogen) atoms. The van der Waals surface area contributed by atoms with Crippen LogP contribution in [0.3, 0.4) is 0 Å². The third kappa shape index (κ3) is 4.49. The average Bonchev–Trinajstić information content (AvgIpc) is 2.92. The zero-order chi connectivity index (χ0) is 15.1. The first-order chi connectivity index (χ1) is 10.2. The average molecular weight is 297 g/mol. The normalized spacial score (nSPS) is 13.1. The molecule has 118 valence electrons. The Kier molecular flexibility index (Phi) is 6.10. The lowest BCUT2D eigenvalue weighted by atomic mass is 10.1. The summed E-state index contributed by atoms with van der Waals surface area (Å²) in [7, 11) is 3.38. The van der Waals surface area contributed by atoms with Crippen LogP contribution in [-0.2, 0) is 16.0 Å². The molecule has 0 unspecified atom stereocenters. The molecule has 0 saturated carbocycles. The van der Waals surface area contributed by atoms with Gasteiger partial charge >= 0.3 is 0 Å². The summed E-state index contributed by atoms with van der Waals surface area (Å²) in [6.07, 6.45) is 0.936. The first-order valence-corrected chi connectivity index (χ1v) is 7.06. The Hall–Kier alpha value is -1.50. The van der Waals surface area contributed by atoms with Gasteiger partial charge in [-0.05, 0) is 12.5 Å². The standard InChI is InChI=1S/C15H23NO5/c1-18-6-3-4-16(5-7-19-2)10-12-8-14-15(9-13(12)17)21-11-20-14/h8-9,17H,3-7,10-11H2,1-2H3. The van der Waals surface area contributed by atoms with Crippen molar-refractivity contribution in [2.24, 2.45) is 0 Å². The zero-order valence-electron chi connectivity index (χ0n) is 12.6. The van der Waals surface area contributed by atoms with E-state index in [0.717, 1.165) is 31.7 Å². The number of phenolic OH excluding ortho intramolecular Hbond substituents is 1. The van der Waals surface area contributed by atoms with Crippen molar-refractivity contribution in [3.63, 3.8) is 0 Å². The van der Waals surface area contributed by atoms with Crippen molar-refractivity contribution in [3.05, 3.63) is 17.7 Å². The van der Waals surface area contributed by atoms with E-state index in [9.17, 15) is 5.11 Å². The molecule has 1 aliphatic heterocycles. The maximum atomic E-state index is 10.1. The maximum absolute atomic E-state index is 10.1. The van der Waals surface area contributed by atoms with E-state index in [1.54, 1.807) is 20.3 Å². The molecular weight excluding hydrogens is 274 g/mol. The maximum Gasteiger partial charge on any atom is 0.231 e. The smallest absolute Gasteiger partial charge is 0.231 e. The molecular formula is C15H23NO5. The highest BCUT2D eigenvalue weighted by atomic mass is 16.7. The Balaban J connectivity index is 2.01. The van der Waals surface area contributed by atoms with Crippen molar-refractivity contribution in [1.82, 2.24) is 4.90 Å². The molecule has 0 saturated heterocycles. The van der Waals surface area contributed by atoms with E-state index >= 15 is 0 Å². The minimum atomic E-state index is 0.208. The zero-order valence-corrected chi connectivity index (χ0v) is 12.6. The molecule has 1 aromatic carbocycles. The van der Waals surface area contributed by atoms with Gasteiger partial charge in [0, 0.05) is 52.1 Å². The van der Waals surface area contributed by atoms with Gasteiger partial charge in [-0.15, -0.1) is 0 Å². The predicted octanol–water partition coefficient (Wildman–Crippen LogP) is 1.61. The van der Waals surface area contributed by atoms with Crippen molar-refractivity contribution in [1.29, 1.82) is 0 Å². The summed E-state index contributed by atoms with van der Waals surface area (Å²) in [5, 5.41) is 10.1. The number of methoxy groups -OCH3 is 2. The molecule has 0 atom stereocenters. The van der Waals surface area contributed by atoms with E-state index in [1.165, 1.54) is 0 Å². The van der Waals surface area contributed by atoms with Gasteiger partial charge in [0.2, 0.25) is 6.79 Å². The number of hydrogen-bond donors (Lipinski definition) is 1. The first-order valence-electron chi connectivity index (χ1n) is 7.06. The van der Waals surface area contributed by atoms with Crippen LogP contribution in [0.25, 0.3) is 0 Å². The lowest BCUT2D eigenvalue weighted by molar-refractivity contribution is 0.128. The predicted molar refractivity (Wildman–Crippen MR) is 77.9 cm³/mol. The number of rotatable bonds is 9. The second kappa shape index (κ2) is 8.07. The minimum Gasteiger partial charge on any atom is -0.507 e. The summed E-state index contributed by atoms with van der Waals surface area (Å²) >= 11 is 0. The van der Waals surface area contributed by atoms with Crippen LogP contribution in [0, 0.1) is 0 Å². The van der Waals surface area contributed by atoms with E-state index in [0.29, 0.717) is 24.7 Å². The number of ether oxygens (including phenoxy) is 4. The second-order valence-corrected chi connectivity index (χ2v) is 4.95. The first kappa shape index (κ1) is 15.9. The summed E-state index contributed by atoms with van der Waals surface area (Å²) in [6.45, 7) is 3.89. The molecule has 1 heterocycles. The van der Waals surface area contributed by atoms with Crippen molar-refractivity contribution in [2.75, 3.05) is 47.3 Å². The lowest BCUT2D eigenvalue weighted by Crippen LogP contribution is -2.28. The number of benzene rings is 1. The fourth-order valence-corrected chi connectivity index (χ4v) is 2.26. The molecule has 6 nitrogen and oxygen atoms in total. The number of aromatic hydroxyl groups is 1. The SMILES string of the molecule is COCCCN(CCOC)Cc1cc2c(cc1O)OCO2. The summed E-state index contributed by atoms with van der Waals surface area (Å²) in [5.74, 6) is 1.51. The van der Waals surface area contributed by atoms with Gasteiger partial charge in [-0.1, -0.05) is 0 Å². The summed E-state index contributed by atoms with van der Waals surface area (Å²) < 4.78 is 20.8. The van der Waals surface area contributed by atoms with E-state index < -0.39 is 0 Å². The van der Waals surface area contributed by atoms with Gasteiger partial charge in [-0.3, -0.25) is 4.90 Å². The number of phenols is 1. The van der Waals surface area contributed by atoms with Crippen molar-refractivity contribution in [2.45, 2.75) is 13.0 Å². The number of nitrogens with zero attached hydrogens (tertiary/aromatic N) is 1. The topological polar surface area (TPSA) is 60.4 Å². The van der Waals surface area contributed by atoms with E-state index in [4.69, 9.17) is 18.9 Å². The Morgan fingerprint density at radius 3 is 2.52 bits per heavy atom. The van der Waals surface area contributed by atoms with Crippen molar-refractivity contribution >= 4 is 0 Å². The number of hydrogen-bond acceptors (Lipinski definition) is 6. The number of fused-ring (bicyclic) bond motifs is 1. The fraction of sp³-hybridized carbons (Fsp3) is 0.600. The van der Waals surface area contributed by atoms with E-state index in [-0.39, 0.29) is 12.5 Å². The minimum absolute atomic E-state index is 0.208. The summed E-state index contributed by atoms with van der Waals surface area (Å²) in [4.78, 5) is 2.22. The Morgan fingerprint density at radius 2 is 1.81 bits per heavy atom. The molecule has 0 aliphatic carbocycles. The lowest BCUT2D eigenvalue weighted by Gasteiger charge is -2.22. The van der Waals surface area contributed by atoms with Crippen LogP contribution in [0.15, 0.2) is 12.1 Å². The van der Waals surface area contributed by atoms with E-state index in [1.807, 2.05) is 6.07 Å². The molecule has 2 rings (SSSR count). The monoisotopic (exact) mass is 297 g/mol. The van der Waals surface area contributed by atoms with Crippen molar-refractivity contribution < 1.29 is 24.1 Å². The van der Waals surface area contributed by atoms with Gasteiger partial charge in [0.15, 0.2) is 11.5 Å². The van der Waals surface area contributed by atoms with E-state index in [2.05, 4.69) is 4.90 Å². The van der Waals surface area contributed by atoms with Crippen LogP contribution < -0.4 is 9.47 Å². The molecule has 0 aromatic heterocycles. The third-order valence-electron chi connectivity index (χ3n) is 3.40. The Labute approximate surface area is 125 Å². The van der Waals surface area contributed by atoms with Crippen LogP contribution >= 0.6 is 0 Å². The van der Waals surface area contributed by atoms with Gasteiger partial charge in [-0.25, -0.2) is 0 Å². The fourth-order valence-electron chi connectivity index (χ4n) is 2.26. The Morgan fingerprint density at radius 1 is 1.10 bits per heavy atom. The highest BCUT2D eigenvalue weighted by Crippen LogP contribution is 2.37. The molecule has 1 N–H and O–H groups in total. The highest BCUT2D eigenvalue weighted by molar-refractivity contribution is 5.51. The van der Waals surface area contributed by atoms with Gasteiger partial charge in [0.1, 0.15) is 5.75 Å². The van der Waals surface area contributed by atoms with Gasteiger partial charge in [0.25, 0.3) is 0 Å². The third-order valence-corrected chi connectivity index (χ3v) is 3.40. The van der Waals surface area contributed by atoms with Gasteiger partial charge < -0.3 is 24.1 Å².